The van der Waals surface area contributed by atoms with E-state index in [2.05, 4.69) is 5.32 Å². The molecule has 0 aliphatic carbocycles. The van der Waals surface area contributed by atoms with Crippen LogP contribution >= 0.6 is 0 Å². The van der Waals surface area contributed by atoms with Crippen LogP contribution in [-0.4, -0.2) is 30.9 Å². The molecule has 1 saturated heterocycles. The highest BCUT2D eigenvalue weighted by Gasteiger charge is 2.35. The molecule has 29 heavy (non-hydrogen) atoms. The third kappa shape index (κ3) is 4.83. The van der Waals surface area contributed by atoms with Gasteiger partial charge < -0.3 is 15.0 Å². The van der Waals surface area contributed by atoms with Gasteiger partial charge in [0.25, 0.3) is 0 Å². The smallest absolute Gasteiger partial charge is 0.338 e. The molecule has 1 unspecified atom stereocenters. The standard InChI is InChI=1S/C23H26N2O4/c1-4-11-29-23(28)17-7-9-19(10-8-17)24-22(27)18-13-21(26)25(14-18)20-12-15(2)5-6-16(20)3/h5-10,12,18H,4,11,13-14H2,1-3H3,(H,24,27). The van der Waals surface area contributed by atoms with Crippen molar-refractivity contribution in [3.05, 3.63) is 59.2 Å². The Kier molecular flexibility index (Phi) is 6.32. The molecule has 1 fully saturated rings. The van der Waals surface area contributed by atoms with E-state index in [0.717, 1.165) is 23.2 Å². The minimum Gasteiger partial charge on any atom is -0.462 e. The quantitative estimate of drug-likeness (QED) is 0.755. The van der Waals surface area contributed by atoms with Crippen molar-refractivity contribution in [2.45, 2.75) is 33.6 Å². The van der Waals surface area contributed by atoms with Gasteiger partial charge >= 0.3 is 5.97 Å². The molecule has 1 atom stereocenters. The fourth-order valence-corrected chi connectivity index (χ4v) is 3.34. The maximum absolute atomic E-state index is 12.7. The van der Waals surface area contributed by atoms with Gasteiger partial charge in [0.2, 0.25) is 11.8 Å². The molecule has 0 saturated carbocycles. The molecular formula is C23H26N2O4. The zero-order valence-electron chi connectivity index (χ0n) is 17.0. The number of aryl methyl sites for hydroxylation is 2. The van der Waals surface area contributed by atoms with Gasteiger partial charge in [-0.3, -0.25) is 9.59 Å². The Bertz CT molecular complexity index is 921. The number of hydrogen-bond donors (Lipinski definition) is 1. The number of benzene rings is 2. The molecule has 1 aliphatic rings. The molecule has 3 rings (SSSR count). The number of nitrogens with zero attached hydrogens (tertiary/aromatic N) is 1. The van der Waals surface area contributed by atoms with E-state index in [1.165, 1.54) is 0 Å². The lowest BCUT2D eigenvalue weighted by atomic mass is 10.1. The average molecular weight is 394 g/mol. The molecule has 6 heteroatoms. The SMILES string of the molecule is CCCOC(=O)c1ccc(NC(=O)C2CC(=O)N(c3cc(C)ccc3C)C2)cc1. The van der Waals surface area contributed by atoms with Gasteiger partial charge in [-0.05, 0) is 61.7 Å². The number of ether oxygens (including phenoxy) is 1. The number of rotatable bonds is 6. The minimum absolute atomic E-state index is 0.0483. The van der Waals surface area contributed by atoms with Crippen LogP contribution < -0.4 is 10.2 Å². The first-order chi connectivity index (χ1) is 13.9. The Balaban J connectivity index is 1.63. The van der Waals surface area contributed by atoms with Gasteiger partial charge in [-0.15, -0.1) is 0 Å². The Hall–Kier alpha value is -3.15. The first-order valence-electron chi connectivity index (χ1n) is 9.84. The first-order valence-corrected chi connectivity index (χ1v) is 9.84. The molecule has 0 aromatic heterocycles. The highest BCUT2D eigenvalue weighted by Crippen LogP contribution is 2.29. The topological polar surface area (TPSA) is 75.7 Å². The summed E-state index contributed by atoms with van der Waals surface area (Å²) in [6, 6.07) is 12.5. The van der Waals surface area contributed by atoms with Gasteiger partial charge in [-0.1, -0.05) is 19.1 Å². The molecule has 2 aromatic rings. The monoisotopic (exact) mass is 394 g/mol. The van der Waals surface area contributed by atoms with Gasteiger partial charge in [0.15, 0.2) is 0 Å². The average Bonchev–Trinajstić information content (AvgIpc) is 3.10. The summed E-state index contributed by atoms with van der Waals surface area (Å²) >= 11 is 0. The Labute approximate surface area is 170 Å². The molecule has 0 spiro atoms. The minimum atomic E-state index is -0.420. The third-order valence-corrected chi connectivity index (χ3v) is 4.98. The van der Waals surface area contributed by atoms with Crippen molar-refractivity contribution in [2.75, 3.05) is 23.4 Å². The summed E-state index contributed by atoms with van der Waals surface area (Å²) in [7, 11) is 0. The van der Waals surface area contributed by atoms with Crippen LogP contribution in [-0.2, 0) is 14.3 Å². The molecule has 152 valence electrons. The Morgan fingerprint density at radius 3 is 2.55 bits per heavy atom. The number of nitrogens with one attached hydrogen (secondary N) is 1. The first kappa shape index (κ1) is 20.6. The molecular weight excluding hydrogens is 368 g/mol. The van der Waals surface area contributed by atoms with Crippen LogP contribution in [0.4, 0.5) is 11.4 Å². The predicted molar refractivity (Wildman–Crippen MR) is 112 cm³/mol. The van der Waals surface area contributed by atoms with Gasteiger partial charge in [0, 0.05) is 24.3 Å². The molecule has 1 heterocycles. The van der Waals surface area contributed by atoms with Crippen molar-refractivity contribution in [3.8, 4) is 0 Å². The molecule has 1 aliphatic heterocycles. The van der Waals surface area contributed by atoms with Crippen LogP contribution in [0, 0.1) is 19.8 Å². The fourth-order valence-electron chi connectivity index (χ4n) is 3.34. The van der Waals surface area contributed by atoms with Crippen LogP contribution in [0.3, 0.4) is 0 Å². The van der Waals surface area contributed by atoms with E-state index in [1.807, 2.05) is 39.0 Å². The van der Waals surface area contributed by atoms with E-state index in [1.54, 1.807) is 29.2 Å². The summed E-state index contributed by atoms with van der Waals surface area (Å²) in [5, 5.41) is 2.84. The zero-order chi connectivity index (χ0) is 21.0. The van der Waals surface area contributed by atoms with Crippen LogP contribution in [0.25, 0.3) is 0 Å². The molecule has 1 N–H and O–H groups in total. The van der Waals surface area contributed by atoms with E-state index >= 15 is 0 Å². The van der Waals surface area contributed by atoms with E-state index in [4.69, 9.17) is 4.74 Å². The number of carbonyl (C=O) groups is 3. The molecule has 0 bridgehead atoms. The predicted octanol–water partition coefficient (Wildman–Crippen LogP) is 3.86. The van der Waals surface area contributed by atoms with Gasteiger partial charge in [0.05, 0.1) is 18.1 Å². The lowest BCUT2D eigenvalue weighted by Crippen LogP contribution is -2.28. The Morgan fingerprint density at radius 2 is 1.86 bits per heavy atom. The molecule has 0 radical (unpaired) electrons. The molecule has 2 aromatic carbocycles. The fraction of sp³-hybridized carbons (Fsp3) is 0.348. The maximum atomic E-state index is 12.7. The zero-order valence-corrected chi connectivity index (χ0v) is 17.0. The Morgan fingerprint density at radius 1 is 1.14 bits per heavy atom. The van der Waals surface area contributed by atoms with Crippen LogP contribution in [0.2, 0.25) is 0 Å². The van der Waals surface area contributed by atoms with Crippen LogP contribution in [0.1, 0.15) is 41.3 Å². The number of esters is 1. The van der Waals surface area contributed by atoms with Crippen LogP contribution in [0.5, 0.6) is 0 Å². The van der Waals surface area contributed by atoms with Crippen molar-refractivity contribution < 1.29 is 19.1 Å². The van der Waals surface area contributed by atoms with Gasteiger partial charge in [0.1, 0.15) is 0 Å². The van der Waals surface area contributed by atoms with Crippen molar-refractivity contribution in [1.82, 2.24) is 0 Å². The number of hydrogen-bond acceptors (Lipinski definition) is 4. The normalized spacial score (nSPS) is 16.0. The van der Waals surface area contributed by atoms with Crippen molar-refractivity contribution in [1.29, 1.82) is 0 Å². The summed E-state index contributed by atoms with van der Waals surface area (Å²) in [6.07, 6.45) is 0.944. The largest absolute Gasteiger partial charge is 0.462 e. The van der Waals surface area contributed by atoms with Crippen molar-refractivity contribution in [3.63, 3.8) is 0 Å². The number of amides is 2. The van der Waals surface area contributed by atoms with E-state index in [9.17, 15) is 14.4 Å². The summed E-state index contributed by atoms with van der Waals surface area (Å²) in [4.78, 5) is 38.7. The van der Waals surface area contributed by atoms with Gasteiger partial charge in [-0.2, -0.15) is 0 Å². The molecule has 2 amide bonds. The molecule has 6 nitrogen and oxygen atoms in total. The van der Waals surface area contributed by atoms with Gasteiger partial charge in [-0.25, -0.2) is 4.79 Å². The highest BCUT2D eigenvalue weighted by molar-refractivity contribution is 6.04. The lowest BCUT2D eigenvalue weighted by Gasteiger charge is -2.19. The summed E-state index contributed by atoms with van der Waals surface area (Å²) in [6.45, 7) is 6.61. The highest BCUT2D eigenvalue weighted by atomic mass is 16.5. The summed E-state index contributed by atoms with van der Waals surface area (Å²) in [5.41, 5.74) is 3.97. The third-order valence-electron chi connectivity index (χ3n) is 4.98. The summed E-state index contributed by atoms with van der Waals surface area (Å²) in [5.74, 6) is -1.05. The second kappa shape index (κ2) is 8.90. The lowest BCUT2D eigenvalue weighted by molar-refractivity contribution is -0.122. The maximum Gasteiger partial charge on any atom is 0.338 e. The van der Waals surface area contributed by atoms with Crippen molar-refractivity contribution in [2.24, 2.45) is 5.92 Å². The van der Waals surface area contributed by atoms with Crippen molar-refractivity contribution >= 4 is 29.2 Å². The number of anilines is 2. The van der Waals surface area contributed by atoms with E-state index in [0.29, 0.717) is 24.4 Å². The van der Waals surface area contributed by atoms with Crippen LogP contribution in [0.15, 0.2) is 42.5 Å². The van der Waals surface area contributed by atoms with E-state index < -0.39 is 5.92 Å². The summed E-state index contributed by atoms with van der Waals surface area (Å²) < 4.78 is 5.09. The second-order valence-corrected chi connectivity index (χ2v) is 7.40. The number of carbonyl (C=O) groups excluding carboxylic acids is 3. The van der Waals surface area contributed by atoms with E-state index in [-0.39, 0.29) is 24.2 Å². The second-order valence-electron chi connectivity index (χ2n) is 7.40.